The van der Waals surface area contributed by atoms with Crippen molar-refractivity contribution in [3.05, 3.63) is 35.4 Å². The van der Waals surface area contributed by atoms with Crippen LogP contribution in [0.1, 0.15) is 73.4 Å². The van der Waals surface area contributed by atoms with Crippen molar-refractivity contribution in [3.63, 3.8) is 0 Å². The third-order valence-corrected chi connectivity index (χ3v) is 4.85. The summed E-state index contributed by atoms with van der Waals surface area (Å²) < 4.78 is 10.6. The minimum absolute atomic E-state index is 0.0591. The third kappa shape index (κ3) is 3.92. The zero-order chi connectivity index (χ0) is 18.0. The van der Waals surface area contributed by atoms with Crippen LogP contribution >= 0.6 is 0 Å². The van der Waals surface area contributed by atoms with Gasteiger partial charge in [0.2, 0.25) is 5.89 Å². The number of likely N-dealkylation sites (tertiary alicyclic amines) is 1. The Bertz CT molecular complexity index is 713. The summed E-state index contributed by atoms with van der Waals surface area (Å²) in [6.45, 7) is 9.76. The summed E-state index contributed by atoms with van der Waals surface area (Å²) in [5.41, 5.74) is 0.614. The summed E-state index contributed by atoms with van der Waals surface area (Å²) in [5.74, 6) is 2.27. The van der Waals surface area contributed by atoms with Gasteiger partial charge >= 0.3 is 0 Å². The first-order chi connectivity index (χ1) is 12.0. The van der Waals surface area contributed by atoms with Crippen molar-refractivity contribution in [3.8, 4) is 0 Å². The summed E-state index contributed by atoms with van der Waals surface area (Å²) in [4.78, 5) is 19.1. The molecule has 0 bridgehead atoms. The average molecular weight is 346 g/mol. The van der Waals surface area contributed by atoms with E-state index >= 15 is 0 Å². The van der Waals surface area contributed by atoms with Gasteiger partial charge in [-0.05, 0) is 32.8 Å². The predicted molar refractivity (Wildman–Crippen MR) is 92.3 cm³/mol. The van der Waals surface area contributed by atoms with Crippen LogP contribution in [0.25, 0.3) is 0 Å². The van der Waals surface area contributed by atoms with E-state index in [2.05, 4.69) is 41.1 Å². The van der Waals surface area contributed by atoms with Crippen LogP contribution in [-0.2, 0) is 0 Å². The van der Waals surface area contributed by atoms with E-state index in [4.69, 9.17) is 8.94 Å². The van der Waals surface area contributed by atoms with Crippen LogP contribution < -0.4 is 5.32 Å². The second-order valence-electron chi connectivity index (χ2n) is 7.00. The van der Waals surface area contributed by atoms with Gasteiger partial charge in [0.15, 0.2) is 5.82 Å². The lowest BCUT2D eigenvalue weighted by Crippen LogP contribution is -2.45. The molecule has 2 aromatic rings. The van der Waals surface area contributed by atoms with E-state index in [9.17, 15) is 4.79 Å². The first kappa shape index (κ1) is 17.7. The van der Waals surface area contributed by atoms with E-state index in [-0.39, 0.29) is 23.9 Å². The normalized spacial score (nSPS) is 17.8. The van der Waals surface area contributed by atoms with Crippen molar-refractivity contribution in [1.82, 2.24) is 20.4 Å². The average Bonchev–Trinajstić information content (AvgIpc) is 3.24. The number of piperidine rings is 1. The summed E-state index contributed by atoms with van der Waals surface area (Å²) >= 11 is 0. The molecule has 0 aliphatic carbocycles. The summed E-state index contributed by atoms with van der Waals surface area (Å²) in [5, 5.41) is 7.15. The SMILES string of the molecule is Cc1occc1C(=O)NC1CCN(C(C)c2nc(C(C)C)no2)CC1. The van der Waals surface area contributed by atoms with Gasteiger partial charge in [-0.15, -0.1) is 0 Å². The second kappa shape index (κ2) is 7.39. The van der Waals surface area contributed by atoms with Gasteiger partial charge in [-0.25, -0.2) is 0 Å². The van der Waals surface area contributed by atoms with Crippen LogP contribution in [0.15, 0.2) is 21.3 Å². The number of nitrogens with zero attached hydrogens (tertiary/aromatic N) is 3. The maximum absolute atomic E-state index is 12.3. The first-order valence-electron chi connectivity index (χ1n) is 8.88. The van der Waals surface area contributed by atoms with Crippen molar-refractivity contribution in [2.24, 2.45) is 0 Å². The Morgan fingerprint density at radius 1 is 1.32 bits per heavy atom. The number of furan rings is 1. The highest BCUT2D eigenvalue weighted by Crippen LogP contribution is 2.24. The first-order valence-corrected chi connectivity index (χ1v) is 8.88. The molecule has 0 spiro atoms. The molecule has 0 aromatic carbocycles. The summed E-state index contributed by atoms with van der Waals surface area (Å²) in [6.07, 6.45) is 3.35. The molecule has 25 heavy (non-hydrogen) atoms. The molecule has 1 fully saturated rings. The number of aromatic nitrogens is 2. The van der Waals surface area contributed by atoms with Gasteiger partial charge in [0.25, 0.3) is 5.91 Å². The lowest BCUT2D eigenvalue weighted by Gasteiger charge is -2.34. The lowest BCUT2D eigenvalue weighted by atomic mass is 10.0. The van der Waals surface area contributed by atoms with Crippen molar-refractivity contribution in [2.45, 2.75) is 58.5 Å². The van der Waals surface area contributed by atoms with Crippen LogP contribution in [0.3, 0.4) is 0 Å². The Kier molecular flexibility index (Phi) is 5.22. The van der Waals surface area contributed by atoms with Crippen molar-refractivity contribution >= 4 is 5.91 Å². The number of aryl methyl sites for hydroxylation is 1. The van der Waals surface area contributed by atoms with Gasteiger partial charge in [0.05, 0.1) is 17.9 Å². The highest BCUT2D eigenvalue weighted by atomic mass is 16.5. The highest BCUT2D eigenvalue weighted by molar-refractivity contribution is 5.95. The van der Waals surface area contributed by atoms with Gasteiger partial charge in [0.1, 0.15) is 5.76 Å². The number of amides is 1. The standard InChI is InChI=1S/C18H26N4O3/c1-11(2)16-20-18(25-21-16)12(3)22-8-5-14(6-9-22)19-17(23)15-7-10-24-13(15)4/h7,10-12,14H,5-6,8-9H2,1-4H3,(H,19,23). The molecule has 3 heterocycles. The molecule has 7 heteroatoms. The van der Waals surface area contributed by atoms with E-state index in [1.54, 1.807) is 19.3 Å². The van der Waals surface area contributed by atoms with Gasteiger partial charge in [-0.3, -0.25) is 9.69 Å². The third-order valence-electron chi connectivity index (χ3n) is 4.85. The molecular weight excluding hydrogens is 320 g/mol. The Morgan fingerprint density at radius 3 is 2.60 bits per heavy atom. The molecule has 1 saturated heterocycles. The molecule has 0 radical (unpaired) electrons. The maximum Gasteiger partial charge on any atom is 0.255 e. The van der Waals surface area contributed by atoms with E-state index in [0.717, 1.165) is 31.8 Å². The van der Waals surface area contributed by atoms with Crippen molar-refractivity contribution < 1.29 is 13.7 Å². The fourth-order valence-electron chi connectivity index (χ4n) is 3.12. The van der Waals surface area contributed by atoms with Gasteiger partial charge in [-0.1, -0.05) is 19.0 Å². The number of nitrogens with one attached hydrogen (secondary N) is 1. The van der Waals surface area contributed by atoms with Crippen molar-refractivity contribution in [1.29, 1.82) is 0 Å². The van der Waals surface area contributed by atoms with Gasteiger partial charge in [0, 0.05) is 25.0 Å². The van der Waals surface area contributed by atoms with Crippen LogP contribution in [0.2, 0.25) is 0 Å². The predicted octanol–water partition coefficient (Wildman–Crippen LogP) is 3.05. The largest absolute Gasteiger partial charge is 0.469 e. The van der Waals surface area contributed by atoms with E-state index < -0.39 is 0 Å². The van der Waals surface area contributed by atoms with Gasteiger partial charge < -0.3 is 14.3 Å². The monoisotopic (exact) mass is 346 g/mol. The number of hydrogen-bond donors (Lipinski definition) is 1. The van der Waals surface area contributed by atoms with E-state index in [0.29, 0.717) is 17.2 Å². The Balaban J connectivity index is 1.52. The van der Waals surface area contributed by atoms with Crippen LogP contribution in [-0.4, -0.2) is 40.1 Å². The lowest BCUT2D eigenvalue weighted by molar-refractivity contribution is 0.0880. The van der Waals surface area contributed by atoms with Crippen LogP contribution in [0, 0.1) is 6.92 Å². The molecule has 0 saturated carbocycles. The molecular formula is C18H26N4O3. The minimum Gasteiger partial charge on any atom is -0.469 e. The van der Waals surface area contributed by atoms with Crippen molar-refractivity contribution in [2.75, 3.05) is 13.1 Å². The summed E-state index contributed by atoms with van der Waals surface area (Å²) in [6, 6.07) is 1.98. The van der Waals surface area contributed by atoms with Crippen LogP contribution in [0.5, 0.6) is 0 Å². The van der Waals surface area contributed by atoms with Gasteiger partial charge in [-0.2, -0.15) is 4.98 Å². The molecule has 1 unspecified atom stereocenters. The molecule has 136 valence electrons. The number of hydrogen-bond acceptors (Lipinski definition) is 6. The molecule has 2 aromatic heterocycles. The number of carbonyl (C=O) groups is 1. The topological polar surface area (TPSA) is 84.4 Å². The molecule has 1 N–H and O–H groups in total. The van der Waals surface area contributed by atoms with Crippen LogP contribution in [0.4, 0.5) is 0 Å². The fourth-order valence-corrected chi connectivity index (χ4v) is 3.12. The Hall–Kier alpha value is -2.15. The maximum atomic E-state index is 12.3. The molecule has 3 rings (SSSR count). The molecule has 1 aliphatic heterocycles. The fraction of sp³-hybridized carbons (Fsp3) is 0.611. The molecule has 1 amide bonds. The Labute approximate surface area is 147 Å². The summed E-state index contributed by atoms with van der Waals surface area (Å²) in [7, 11) is 0. The number of rotatable bonds is 5. The Morgan fingerprint density at radius 2 is 2.04 bits per heavy atom. The van der Waals surface area contributed by atoms with E-state index in [1.165, 1.54) is 0 Å². The smallest absolute Gasteiger partial charge is 0.255 e. The van der Waals surface area contributed by atoms with E-state index in [1.807, 2.05) is 0 Å². The zero-order valence-corrected chi connectivity index (χ0v) is 15.3. The molecule has 1 aliphatic rings. The molecule has 1 atom stereocenters. The zero-order valence-electron chi connectivity index (χ0n) is 15.3. The second-order valence-corrected chi connectivity index (χ2v) is 7.00. The number of carbonyl (C=O) groups excluding carboxylic acids is 1. The minimum atomic E-state index is -0.0591. The molecule has 7 nitrogen and oxygen atoms in total. The highest BCUT2D eigenvalue weighted by Gasteiger charge is 2.28. The quantitative estimate of drug-likeness (QED) is 0.896.